The van der Waals surface area contributed by atoms with E-state index in [0.29, 0.717) is 5.56 Å². The molecule has 14 heavy (non-hydrogen) atoms. The van der Waals surface area contributed by atoms with Crippen LogP contribution in [0, 0.1) is 15.9 Å². The summed E-state index contributed by atoms with van der Waals surface area (Å²) in [7, 11) is 0. The molecule has 1 aromatic rings. The molecule has 0 bridgehead atoms. The Morgan fingerprint density at radius 1 is 1.50 bits per heavy atom. The van der Waals surface area contributed by atoms with E-state index < -0.39 is 22.0 Å². The lowest BCUT2D eigenvalue weighted by molar-refractivity contribution is -0.387. The monoisotopic (exact) mass is 196 g/mol. The lowest BCUT2D eigenvalue weighted by Crippen LogP contribution is -2.18. The standard InChI is InChI=1S/C9H9FN2O2/c10-7-5-6(9(11)3-4-9)1-2-8(7)12(13)14/h1-2,5H,3-4,11H2. The molecule has 0 spiro atoms. The molecule has 0 aliphatic heterocycles. The first-order valence-electron chi connectivity index (χ1n) is 4.26. The quantitative estimate of drug-likeness (QED) is 0.577. The Morgan fingerprint density at radius 2 is 2.14 bits per heavy atom. The van der Waals surface area contributed by atoms with Gasteiger partial charge in [0.15, 0.2) is 0 Å². The minimum absolute atomic E-state index is 0.448. The maximum atomic E-state index is 13.2. The highest BCUT2D eigenvalue weighted by Gasteiger charge is 2.40. The van der Waals surface area contributed by atoms with Gasteiger partial charge in [-0.15, -0.1) is 0 Å². The maximum Gasteiger partial charge on any atom is 0.304 e. The van der Waals surface area contributed by atoms with Crippen LogP contribution in [0.15, 0.2) is 18.2 Å². The highest BCUT2D eigenvalue weighted by atomic mass is 19.1. The molecular weight excluding hydrogens is 187 g/mol. The maximum absolute atomic E-state index is 13.2. The van der Waals surface area contributed by atoms with Gasteiger partial charge in [-0.05, 0) is 24.5 Å². The average Bonchev–Trinajstić information content (AvgIpc) is 2.84. The van der Waals surface area contributed by atoms with Gasteiger partial charge < -0.3 is 5.73 Å². The molecule has 1 aliphatic rings. The second-order valence-corrected chi connectivity index (χ2v) is 3.58. The van der Waals surface area contributed by atoms with E-state index in [1.54, 1.807) is 0 Å². The molecule has 1 saturated carbocycles. The van der Waals surface area contributed by atoms with Crippen molar-refractivity contribution in [2.24, 2.45) is 5.73 Å². The zero-order chi connectivity index (χ0) is 10.3. The number of rotatable bonds is 2. The molecule has 0 amide bonds. The van der Waals surface area contributed by atoms with Crippen molar-refractivity contribution in [3.05, 3.63) is 39.7 Å². The van der Waals surface area contributed by atoms with Crippen LogP contribution in [0.5, 0.6) is 0 Å². The van der Waals surface area contributed by atoms with E-state index in [2.05, 4.69) is 0 Å². The molecule has 0 radical (unpaired) electrons. The highest BCUT2D eigenvalue weighted by Crippen LogP contribution is 2.43. The van der Waals surface area contributed by atoms with Gasteiger partial charge in [-0.2, -0.15) is 4.39 Å². The summed E-state index contributed by atoms with van der Waals surface area (Å²) in [6.07, 6.45) is 1.62. The summed E-state index contributed by atoms with van der Waals surface area (Å²) in [6, 6.07) is 3.84. The van der Waals surface area contributed by atoms with Gasteiger partial charge in [0, 0.05) is 11.6 Å². The largest absolute Gasteiger partial charge is 0.321 e. The Labute approximate surface area is 79.7 Å². The Hall–Kier alpha value is -1.49. The fourth-order valence-electron chi connectivity index (χ4n) is 1.39. The number of nitrogens with two attached hydrogens (primary N) is 1. The van der Waals surface area contributed by atoms with Crippen LogP contribution in [0.2, 0.25) is 0 Å². The zero-order valence-corrected chi connectivity index (χ0v) is 7.37. The number of hydrogen-bond acceptors (Lipinski definition) is 3. The number of benzene rings is 1. The predicted molar refractivity (Wildman–Crippen MR) is 48.2 cm³/mol. The van der Waals surface area contributed by atoms with E-state index in [9.17, 15) is 14.5 Å². The van der Waals surface area contributed by atoms with Crippen LogP contribution in [0.25, 0.3) is 0 Å². The van der Waals surface area contributed by atoms with Gasteiger partial charge in [-0.25, -0.2) is 0 Å². The second kappa shape index (κ2) is 2.75. The van der Waals surface area contributed by atoms with Gasteiger partial charge in [0.05, 0.1) is 4.92 Å². The van der Waals surface area contributed by atoms with Crippen molar-refractivity contribution < 1.29 is 9.31 Å². The third-order valence-corrected chi connectivity index (χ3v) is 2.51. The SMILES string of the molecule is NC1(c2ccc([N+](=O)[O-])c(F)c2)CC1. The average molecular weight is 196 g/mol. The van der Waals surface area contributed by atoms with Crippen molar-refractivity contribution in [2.45, 2.75) is 18.4 Å². The van der Waals surface area contributed by atoms with Crippen molar-refractivity contribution >= 4 is 5.69 Å². The molecule has 2 rings (SSSR count). The molecule has 5 heteroatoms. The molecule has 2 N–H and O–H groups in total. The predicted octanol–water partition coefficient (Wildman–Crippen LogP) is 1.68. The van der Waals surface area contributed by atoms with Crippen LogP contribution in [0.3, 0.4) is 0 Å². The Kier molecular flexibility index (Phi) is 1.78. The van der Waals surface area contributed by atoms with Gasteiger partial charge in [-0.1, -0.05) is 6.07 Å². The lowest BCUT2D eigenvalue weighted by atomic mass is 10.1. The second-order valence-electron chi connectivity index (χ2n) is 3.58. The number of halogens is 1. The van der Waals surface area contributed by atoms with Crippen molar-refractivity contribution in [2.75, 3.05) is 0 Å². The summed E-state index contributed by atoms with van der Waals surface area (Å²) >= 11 is 0. The van der Waals surface area contributed by atoms with E-state index in [1.807, 2.05) is 0 Å². The molecule has 1 aromatic carbocycles. The molecule has 0 heterocycles. The molecule has 0 aromatic heterocycles. The molecular formula is C9H9FN2O2. The van der Waals surface area contributed by atoms with Crippen LogP contribution >= 0.6 is 0 Å². The van der Waals surface area contributed by atoms with Gasteiger partial charge >= 0.3 is 5.69 Å². The molecule has 4 nitrogen and oxygen atoms in total. The van der Waals surface area contributed by atoms with Crippen molar-refractivity contribution in [1.29, 1.82) is 0 Å². The summed E-state index contributed by atoms with van der Waals surface area (Å²) in [4.78, 5) is 9.59. The van der Waals surface area contributed by atoms with E-state index in [0.717, 1.165) is 25.0 Å². The van der Waals surface area contributed by atoms with E-state index in [4.69, 9.17) is 5.73 Å². The summed E-state index contributed by atoms with van der Waals surface area (Å²) < 4.78 is 13.2. The first-order chi connectivity index (χ1) is 6.53. The zero-order valence-electron chi connectivity index (χ0n) is 7.37. The van der Waals surface area contributed by atoms with Crippen LogP contribution in [-0.2, 0) is 5.54 Å². The number of nitro groups is 1. The fraction of sp³-hybridized carbons (Fsp3) is 0.333. The van der Waals surface area contributed by atoms with Crippen molar-refractivity contribution in [3.8, 4) is 0 Å². The minimum atomic E-state index is -0.816. The van der Waals surface area contributed by atoms with E-state index >= 15 is 0 Å². The van der Waals surface area contributed by atoms with Crippen LogP contribution < -0.4 is 5.73 Å². The van der Waals surface area contributed by atoms with Gasteiger partial charge in [0.25, 0.3) is 0 Å². The van der Waals surface area contributed by atoms with Gasteiger partial charge in [0.1, 0.15) is 0 Å². The number of hydrogen-bond donors (Lipinski definition) is 1. The van der Waals surface area contributed by atoms with Crippen LogP contribution in [0.1, 0.15) is 18.4 Å². The molecule has 1 fully saturated rings. The molecule has 0 saturated heterocycles. The van der Waals surface area contributed by atoms with E-state index in [1.165, 1.54) is 6.07 Å². The Morgan fingerprint density at radius 3 is 2.57 bits per heavy atom. The summed E-state index contributed by atoms with van der Waals surface area (Å²) in [5.41, 5.74) is 5.52. The van der Waals surface area contributed by atoms with E-state index in [-0.39, 0.29) is 0 Å². The molecule has 0 unspecified atom stereocenters. The van der Waals surface area contributed by atoms with Crippen LogP contribution in [-0.4, -0.2) is 4.92 Å². The van der Waals surface area contributed by atoms with Crippen molar-refractivity contribution in [3.63, 3.8) is 0 Å². The van der Waals surface area contributed by atoms with Gasteiger partial charge in [0.2, 0.25) is 5.82 Å². The third kappa shape index (κ3) is 1.35. The fourth-order valence-corrected chi connectivity index (χ4v) is 1.39. The first-order valence-corrected chi connectivity index (χ1v) is 4.26. The summed E-state index contributed by atoms with van der Waals surface area (Å²) in [5.74, 6) is -0.816. The van der Waals surface area contributed by atoms with Gasteiger partial charge in [-0.3, -0.25) is 10.1 Å². The first kappa shape index (κ1) is 9.08. The summed E-state index contributed by atoms with van der Waals surface area (Å²) in [5, 5.41) is 10.3. The molecule has 1 aliphatic carbocycles. The lowest BCUT2D eigenvalue weighted by Gasteiger charge is -2.08. The number of nitro benzene ring substituents is 1. The molecule has 74 valence electrons. The minimum Gasteiger partial charge on any atom is -0.321 e. The van der Waals surface area contributed by atoms with Crippen molar-refractivity contribution in [1.82, 2.24) is 0 Å². The third-order valence-electron chi connectivity index (χ3n) is 2.51. The highest BCUT2D eigenvalue weighted by molar-refractivity contribution is 5.39. The topological polar surface area (TPSA) is 69.2 Å². The van der Waals surface area contributed by atoms with Crippen LogP contribution in [0.4, 0.5) is 10.1 Å². The Balaban J connectivity index is 2.40. The summed E-state index contributed by atoms with van der Waals surface area (Å²) in [6.45, 7) is 0. The smallest absolute Gasteiger partial charge is 0.304 e. The Bertz CT molecular complexity index is 402. The molecule has 0 atom stereocenters. The number of nitrogens with zero attached hydrogens (tertiary/aromatic N) is 1. The normalized spacial score (nSPS) is 17.9.